The Bertz CT molecular complexity index is 663. The van der Waals surface area contributed by atoms with Crippen molar-refractivity contribution < 1.29 is 9.90 Å². The molecule has 0 spiro atoms. The standard InChI is InChI=1S/C16H18N2O2S/c1-3-18(11-6-4-10(2)5-7-11)16-17-14-12(15(19)20)8-9-13(14)21-16/h4-7,12H,3,8-9H2,1-2H3,(H,19,20). The summed E-state index contributed by atoms with van der Waals surface area (Å²) in [6.07, 6.45) is 1.51. The second-order valence-corrected chi connectivity index (χ2v) is 6.38. The molecule has 0 saturated carbocycles. The molecular formula is C16H18N2O2S. The first-order chi connectivity index (χ1) is 10.1. The lowest BCUT2D eigenvalue weighted by molar-refractivity contribution is -0.138. The highest BCUT2D eigenvalue weighted by Gasteiger charge is 2.33. The monoisotopic (exact) mass is 302 g/mol. The molecule has 0 amide bonds. The Balaban J connectivity index is 1.94. The number of aryl methyl sites for hydroxylation is 2. The highest BCUT2D eigenvalue weighted by atomic mass is 32.1. The summed E-state index contributed by atoms with van der Waals surface area (Å²) in [5, 5.41) is 10.2. The molecule has 1 aromatic heterocycles. The third-order valence-electron chi connectivity index (χ3n) is 3.90. The van der Waals surface area contributed by atoms with E-state index in [2.05, 4.69) is 48.0 Å². The summed E-state index contributed by atoms with van der Waals surface area (Å²) in [4.78, 5) is 19.2. The SMILES string of the molecule is CCN(c1ccc(C)cc1)c1nc2c(s1)CCC2C(=O)O. The molecule has 1 heterocycles. The van der Waals surface area contributed by atoms with Gasteiger partial charge in [0.05, 0.1) is 5.69 Å². The lowest BCUT2D eigenvalue weighted by Gasteiger charge is -2.20. The van der Waals surface area contributed by atoms with Gasteiger partial charge in [-0.15, -0.1) is 11.3 Å². The first kappa shape index (κ1) is 14.1. The molecule has 0 saturated heterocycles. The van der Waals surface area contributed by atoms with Crippen molar-refractivity contribution in [2.24, 2.45) is 0 Å². The minimum atomic E-state index is -0.760. The predicted octanol–water partition coefficient (Wildman–Crippen LogP) is 3.72. The third-order valence-corrected chi connectivity index (χ3v) is 5.05. The van der Waals surface area contributed by atoms with Gasteiger partial charge in [-0.05, 0) is 38.8 Å². The van der Waals surface area contributed by atoms with Gasteiger partial charge in [0.2, 0.25) is 0 Å². The maximum atomic E-state index is 11.3. The number of anilines is 2. The molecule has 1 N–H and O–H groups in total. The Morgan fingerprint density at radius 1 is 1.43 bits per heavy atom. The van der Waals surface area contributed by atoms with Gasteiger partial charge < -0.3 is 10.0 Å². The van der Waals surface area contributed by atoms with Crippen LogP contribution in [0.15, 0.2) is 24.3 Å². The van der Waals surface area contributed by atoms with Crippen LogP contribution in [0.2, 0.25) is 0 Å². The minimum Gasteiger partial charge on any atom is -0.481 e. The molecule has 5 heteroatoms. The summed E-state index contributed by atoms with van der Waals surface area (Å²) in [6, 6.07) is 8.33. The van der Waals surface area contributed by atoms with Crippen LogP contribution in [0.3, 0.4) is 0 Å². The number of rotatable bonds is 4. The van der Waals surface area contributed by atoms with Crippen LogP contribution >= 0.6 is 11.3 Å². The van der Waals surface area contributed by atoms with Gasteiger partial charge in [0.15, 0.2) is 5.13 Å². The van der Waals surface area contributed by atoms with E-state index in [-0.39, 0.29) is 0 Å². The van der Waals surface area contributed by atoms with Crippen molar-refractivity contribution in [2.45, 2.75) is 32.6 Å². The first-order valence-electron chi connectivity index (χ1n) is 7.16. The fourth-order valence-corrected chi connectivity index (χ4v) is 3.94. The van der Waals surface area contributed by atoms with E-state index in [1.165, 1.54) is 5.56 Å². The zero-order valence-electron chi connectivity index (χ0n) is 12.2. The second-order valence-electron chi connectivity index (χ2n) is 5.31. The van der Waals surface area contributed by atoms with Crippen LogP contribution in [0, 0.1) is 6.92 Å². The molecule has 0 aliphatic heterocycles. The maximum Gasteiger partial charge on any atom is 0.312 e. The van der Waals surface area contributed by atoms with E-state index in [1.54, 1.807) is 11.3 Å². The predicted molar refractivity (Wildman–Crippen MR) is 84.7 cm³/mol. The highest BCUT2D eigenvalue weighted by molar-refractivity contribution is 7.15. The molecule has 4 nitrogen and oxygen atoms in total. The highest BCUT2D eigenvalue weighted by Crippen LogP contribution is 2.41. The van der Waals surface area contributed by atoms with Crippen LogP contribution in [0.25, 0.3) is 0 Å². The van der Waals surface area contributed by atoms with Crippen LogP contribution in [-0.2, 0) is 11.2 Å². The van der Waals surface area contributed by atoms with Gasteiger partial charge in [-0.25, -0.2) is 4.98 Å². The Morgan fingerprint density at radius 2 is 2.14 bits per heavy atom. The minimum absolute atomic E-state index is 0.429. The summed E-state index contributed by atoms with van der Waals surface area (Å²) in [5.41, 5.74) is 3.10. The van der Waals surface area contributed by atoms with E-state index in [4.69, 9.17) is 0 Å². The number of carboxylic acid groups (broad SMARTS) is 1. The smallest absolute Gasteiger partial charge is 0.312 e. The largest absolute Gasteiger partial charge is 0.481 e. The molecule has 2 aromatic rings. The maximum absolute atomic E-state index is 11.3. The van der Waals surface area contributed by atoms with Crippen molar-refractivity contribution in [2.75, 3.05) is 11.4 Å². The van der Waals surface area contributed by atoms with Crippen molar-refractivity contribution in [3.8, 4) is 0 Å². The number of benzene rings is 1. The molecular weight excluding hydrogens is 284 g/mol. The fraction of sp³-hybridized carbons (Fsp3) is 0.375. The van der Waals surface area contributed by atoms with Crippen LogP contribution < -0.4 is 4.90 Å². The number of nitrogens with zero attached hydrogens (tertiary/aromatic N) is 2. The number of aliphatic carboxylic acids is 1. The van der Waals surface area contributed by atoms with Crippen molar-refractivity contribution >= 4 is 28.1 Å². The number of carbonyl (C=O) groups is 1. The van der Waals surface area contributed by atoms with E-state index >= 15 is 0 Å². The number of thiazole rings is 1. The van der Waals surface area contributed by atoms with Crippen LogP contribution in [-0.4, -0.2) is 22.6 Å². The Hall–Kier alpha value is -1.88. The van der Waals surface area contributed by atoms with Crippen LogP contribution in [0.5, 0.6) is 0 Å². The molecule has 21 heavy (non-hydrogen) atoms. The quantitative estimate of drug-likeness (QED) is 0.935. The van der Waals surface area contributed by atoms with Crippen molar-refractivity contribution in [1.82, 2.24) is 4.98 Å². The van der Waals surface area contributed by atoms with E-state index in [1.807, 2.05) is 0 Å². The summed E-state index contributed by atoms with van der Waals surface area (Å²) in [7, 11) is 0. The fourth-order valence-electron chi connectivity index (χ4n) is 2.72. The molecule has 1 unspecified atom stereocenters. The van der Waals surface area contributed by atoms with E-state index in [9.17, 15) is 9.90 Å². The zero-order chi connectivity index (χ0) is 15.0. The Morgan fingerprint density at radius 3 is 2.76 bits per heavy atom. The second kappa shape index (κ2) is 5.48. The summed E-state index contributed by atoms with van der Waals surface area (Å²) in [5.74, 6) is -1.19. The zero-order valence-corrected chi connectivity index (χ0v) is 13.0. The molecule has 1 aromatic carbocycles. The van der Waals surface area contributed by atoms with Gasteiger partial charge in [0.1, 0.15) is 5.92 Å². The van der Waals surface area contributed by atoms with Crippen molar-refractivity contribution in [3.63, 3.8) is 0 Å². The van der Waals surface area contributed by atoms with Gasteiger partial charge in [-0.3, -0.25) is 4.79 Å². The molecule has 0 fully saturated rings. The van der Waals surface area contributed by atoms with Gasteiger partial charge in [0.25, 0.3) is 0 Å². The molecule has 1 aliphatic rings. The van der Waals surface area contributed by atoms with Crippen molar-refractivity contribution in [1.29, 1.82) is 0 Å². The van der Waals surface area contributed by atoms with Gasteiger partial charge in [0, 0.05) is 17.1 Å². The molecule has 0 bridgehead atoms. The average molecular weight is 302 g/mol. The van der Waals surface area contributed by atoms with Crippen LogP contribution in [0.1, 0.15) is 35.4 Å². The number of carboxylic acids is 1. The van der Waals surface area contributed by atoms with E-state index in [0.29, 0.717) is 6.42 Å². The molecule has 3 rings (SSSR count). The normalized spacial score (nSPS) is 16.8. The van der Waals surface area contributed by atoms with Gasteiger partial charge in [-0.1, -0.05) is 17.7 Å². The summed E-state index contributed by atoms with van der Waals surface area (Å²) in [6.45, 7) is 4.96. The van der Waals surface area contributed by atoms with Gasteiger partial charge in [-0.2, -0.15) is 0 Å². The Kier molecular flexibility index (Phi) is 3.68. The number of hydrogen-bond donors (Lipinski definition) is 1. The van der Waals surface area contributed by atoms with Crippen LogP contribution in [0.4, 0.5) is 10.8 Å². The van der Waals surface area contributed by atoms with E-state index < -0.39 is 11.9 Å². The summed E-state index contributed by atoms with van der Waals surface area (Å²) >= 11 is 1.63. The van der Waals surface area contributed by atoms with Crippen molar-refractivity contribution in [3.05, 3.63) is 40.4 Å². The lowest BCUT2D eigenvalue weighted by Crippen LogP contribution is -2.16. The topological polar surface area (TPSA) is 53.4 Å². The number of fused-ring (bicyclic) bond motifs is 1. The first-order valence-corrected chi connectivity index (χ1v) is 7.98. The third kappa shape index (κ3) is 2.53. The molecule has 1 aliphatic carbocycles. The molecule has 0 radical (unpaired) electrons. The average Bonchev–Trinajstić information content (AvgIpc) is 3.01. The lowest BCUT2D eigenvalue weighted by atomic mass is 10.1. The summed E-state index contributed by atoms with van der Waals surface area (Å²) < 4.78 is 0. The number of aromatic nitrogens is 1. The Labute approximate surface area is 128 Å². The van der Waals surface area contributed by atoms with E-state index in [0.717, 1.165) is 34.4 Å². The molecule has 1 atom stereocenters. The van der Waals surface area contributed by atoms with Gasteiger partial charge >= 0.3 is 5.97 Å². The molecule has 110 valence electrons. The number of hydrogen-bond acceptors (Lipinski definition) is 4.